The first-order valence-electron chi connectivity index (χ1n) is 9.53. The fourth-order valence-electron chi connectivity index (χ4n) is 3.10. The van der Waals surface area contributed by atoms with Crippen molar-refractivity contribution in [3.63, 3.8) is 0 Å². The van der Waals surface area contributed by atoms with Crippen molar-refractivity contribution in [2.75, 3.05) is 33.4 Å². The molecule has 1 aromatic carbocycles. The van der Waals surface area contributed by atoms with Gasteiger partial charge in [0.05, 0.1) is 12.7 Å². The molecule has 28 heavy (non-hydrogen) atoms. The molecule has 152 valence electrons. The number of aromatic nitrogens is 2. The van der Waals surface area contributed by atoms with Gasteiger partial charge in [-0.25, -0.2) is 0 Å². The number of aryl methyl sites for hydroxylation is 1. The molecule has 0 unspecified atom stereocenters. The van der Waals surface area contributed by atoms with Gasteiger partial charge in [-0.1, -0.05) is 17.3 Å². The second-order valence-electron chi connectivity index (χ2n) is 6.84. The Morgan fingerprint density at radius 1 is 1.32 bits per heavy atom. The van der Waals surface area contributed by atoms with Gasteiger partial charge < -0.3 is 23.6 Å². The number of benzene rings is 1. The van der Waals surface area contributed by atoms with Crippen LogP contribution in [0.15, 0.2) is 28.8 Å². The highest BCUT2D eigenvalue weighted by atomic mass is 16.5. The lowest BCUT2D eigenvalue weighted by molar-refractivity contribution is -0.136. The lowest BCUT2D eigenvalue weighted by Gasteiger charge is -2.31. The van der Waals surface area contributed by atoms with Gasteiger partial charge in [0.1, 0.15) is 12.4 Å². The monoisotopic (exact) mass is 389 g/mol. The van der Waals surface area contributed by atoms with Gasteiger partial charge in [0.15, 0.2) is 12.4 Å². The third-order valence-corrected chi connectivity index (χ3v) is 4.60. The van der Waals surface area contributed by atoms with Crippen LogP contribution >= 0.6 is 0 Å². The van der Waals surface area contributed by atoms with Crippen molar-refractivity contribution >= 4 is 5.91 Å². The third kappa shape index (κ3) is 6.03. The molecule has 0 atom stereocenters. The van der Waals surface area contributed by atoms with Gasteiger partial charge in [0.2, 0.25) is 0 Å². The summed E-state index contributed by atoms with van der Waals surface area (Å²) in [5, 5.41) is 3.89. The van der Waals surface area contributed by atoms with E-state index in [2.05, 4.69) is 10.1 Å². The molecule has 1 fully saturated rings. The molecule has 0 N–H and O–H groups in total. The van der Waals surface area contributed by atoms with Crippen molar-refractivity contribution in [3.05, 3.63) is 41.5 Å². The van der Waals surface area contributed by atoms with Crippen LogP contribution in [0.2, 0.25) is 0 Å². The van der Waals surface area contributed by atoms with Crippen LogP contribution in [0.25, 0.3) is 0 Å². The maximum Gasteiger partial charge on any atom is 0.260 e. The zero-order valence-corrected chi connectivity index (χ0v) is 16.4. The number of carbonyl (C=O) groups is 1. The van der Waals surface area contributed by atoms with Gasteiger partial charge in [0, 0.05) is 26.6 Å². The highest BCUT2D eigenvalue weighted by Gasteiger charge is 2.23. The van der Waals surface area contributed by atoms with E-state index >= 15 is 0 Å². The maximum atomic E-state index is 12.3. The number of piperidine rings is 1. The van der Waals surface area contributed by atoms with E-state index < -0.39 is 0 Å². The molecule has 8 nitrogen and oxygen atoms in total. The molecule has 0 bridgehead atoms. The average molecular weight is 389 g/mol. The first-order valence-corrected chi connectivity index (χ1v) is 9.53. The number of hydrogen-bond acceptors (Lipinski definition) is 7. The molecule has 2 aromatic rings. The van der Waals surface area contributed by atoms with E-state index in [9.17, 15) is 4.79 Å². The Hall–Kier alpha value is -2.45. The molecule has 1 saturated heterocycles. The van der Waals surface area contributed by atoms with E-state index in [4.69, 9.17) is 18.7 Å². The molecule has 0 aliphatic carbocycles. The molecule has 1 aromatic heterocycles. The molecular formula is C20H27N3O5. The molecule has 1 aliphatic heterocycles. The smallest absolute Gasteiger partial charge is 0.260 e. The number of hydrogen-bond donors (Lipinski definition) is 0. The highest BCUT2D eigenvalue weighted by molar-refractivity contribution is 5.77. The Labute approximate surface area is 164 Å². The van der Waals surface area contributed by atoms with Crippen LogP contribution in [-0.4, -0.2) is 60.5 Å². The Morgan fingerprint density at radius 2 is 2.14 bits per heavy atom. The number of methoxy groups -OCH3 is 1. The quantitative estimate of drug-likeness (QED) is 0.649. The normalized spacial score (nSPS) is 15.0. The van der Waals surface area contributed by atoms with Crippen LogP contribution in [0.3, 0.4) is 0 Å². The summed E-state index contributed by atoms with van der Waals surface area (Å²) in [5.74, 6) is 1.82. The van der Waals surface area contributed by atoms with Gasteiger partial charge in [-0.05, 0) is 37.5 Å². The van der Waals surface area contributed by atoms with E-state index in [-0.39, 0.29) is 18.6 Å². The van der Waals surface area contributed by atoms with E-state index in [0.717, 1.165) is 24.2 Å². The Kier molecular flexibility index (Phi) is 7.39. The Balaban J connectivity index is 1.32. The van der Waals surface area contributed by atoms with Crippen LogP contribution in [0.4, 0.5) is 0 Å². The number of ether oxygens (including phenoxy) is 3. The second kappa shape index (κ2) is 10.2. The van der Waals surface area contributed by atoms with Crippen LogP contribution in [0.1, 0.15) is 30.1 Å². The van der Waals surface area contributed by atoms with Crippen LogP contribution in [0.5, 0.6) is 5.75 Å². The molecule has 3 rings (SSSR count). The Morgan fingerprint density at radius 3 is 2.89 bits per heavy atom. The van der Waals surface area contributed by atoms with Gasteiger partial charge in [-0.3, -0.25) is 4.79 Å². The molecule has 2 heterocycles. The number of likely N-dealkylation sites (tertiary alicyclic amines) is 1. The first-order chi connectivity index (χ1) is 13.6. The number of rotatable bonds is 9. The highest BCUT2D eigenvalue weighted by Crippen LogP contribution is 2.16. The summed E-state index contributed by atoms with van der Waals surface area (Å²) in [6, 6.07) is 7.71. The summed E-state index contributed by atoms with van der Waals surface area (Å²) in [5.41, 5.74) is 1.11. The molecular weight excluding hydrogens is 362 g/mol. The summed E-state index contributed by atoms with van der Waals surface area (Å²) in [7, 11) is 1.58. The molecule has 0 spiro atoms. The minimum atomic E-state index is 0.0115. The van der Waals surface area contributed by atoms with Crippen LogP contribution in [-0.2, 0) is 27.3 Å². The molecule has 0 radical (unpaired) electrons. The fourth-order valence-corrected chi connectivity index (χ4v) is 3.10. The van der Waals surface area contributed by atoms with E-state index in [1.165, 1.54) is 0 Å². The lowest BCUT2D eigenvalue weighted by Crippen LogP contribution is -2.43. The number of carbonyl (C=O) groups excluding carboxylic acids is 1. The summed E-state index contributed by atoms with van der Waals surface area (Å²) in [4.78, 5) is 18.4. The topological polar surface area (TPSA) is 86.9 Å². The molecule has 8 heteroatoms. The molecule has 0 saturated carbocycles. The minimum absolute atomic E-state index is 0.0115. The van der Waals surface area contributed by atoms with Crippen molar-refractivity contribution in [2.45, 2.75) is 38.9 Å². The molecule has 1 aliphatic rings. The maximum absolute atomic E-state index is 12.3. The summed E-state index contributed by atoms with van der Waals surface area (Å²) in [6.07, 6.45) is 2.37. The third-order valence-electron chi connectivity index (χ3n) is 4.60. The van der Waals surface area contributed by atoms with Gasteiger partial charge in [0.25, 0.3) is 11.8 Å². The van der Waals surface area contributed by atoms with Crippen LogP contribution in [0, 0.1) is 6.92 Å². The van der Waals surface area contributed by atoms with Crippen molar-refractivity contribution in [1.29, 1.82) is 0 Å². The summed E-state index contributed by atoms with van der Waals surface area (Å²) < 4.78 is 21.5. The van der Waals surface area contributed by atoms with E-state index in [1.54, 1.807) is 7.11 Å². The zero-order valence-electron chi connectivity index (χ0n) is 16.4. The van der Waals surface area contributed by atoms with Crippen LogP contribution < -0.4 is 4.74 Å². The lowest BCUT2D eigenvalue weighted by atomic mass is 10.1. The zero-order chi connectivity index (χ0) is 19.8. The standard InChI is InChI=1S/C20H27N3O5/c1-15-4-3-5-17(12-15)27-14-20(24)23-9-6-16(7-10-23)26-11-8-18-21-19(13-25-2)28-22-18/h3-5,12,16H,6-11,13-14H2,1-2H3. The average Bonchev–Trinajstić information content (AvgIpc) is 3.14. The minimum Gasteiger partial charge on any atom is -0.484 e. The molecule has 1 amide bonds. The van der Waals surface area contributed by atoms with Crippen molar-refractivity contribution < 1.29 is 23.5 Å². The van der Waals surface area contributed by atoms with Gasteiger partial charge >= 0.3 is 0 Å². The second-order valence-corrected chi connectivity index (χ2v) is 6.84. The predicted molar refractivity (Wildman–Crippen MR) is 101 cm³/mol. The van der Waals surface area contributed by atoms with Gasteiger partial charge in [-0.2, -0.15) is 4.98 Å². The summed E-state index contributed by atoms with van der Waals surface area (Å²) >= 11 is 0. The van der Waals surface area contributed by atoms with E-state index in [1.807, 2.05) is 36.1 Å². The van der Waals surface area contributed by atoms with Crippen molar-refractivity contribution in [2.24, 2.45) is 0 Å². The largest absolute Gasteiger partial charge is 0.484 e. The first kappa shape index (κ1) is 20.3. The number of nitrogens with zero attached hydrogens (tertiary/aromatic N) is 3. The van der Waals surface area contributed by atoms with Gasteiger partial charge in [-0.15, -0.1) is 0 Å². The van der Waals surface area contributed by atoms with Crippen molar-refractivity contribution in [1.82, 2.24) is 15.0 Å². The van der Waals surface area contributed by atoms with E-state index in [0.29, 0.717) is 44.4 Å². The fraction of sp³-hybridized carbons (Fsp3) is 0.550. The number of amides is 1. The summed E-state index contributed by atoms with van der Waals surface area (Å²) in [6.45, 7) is 4.27. The van der Waals surface area contributed by atoms with Crippen molar-refractivity contribution in [3.8, 4) is 5.75 Å². The predicted octanol–water partition coefficient (Wildman–Crippen LogP) is 2.15. The SMILES string of the molecule is COCc1nc(CCOC2CCN(C(=O)COc3cccc(C)c3)CC2)no1. The Bertz CT molecular complexity index is 756.